The average Bonchev–Trinajstić information content (AvgIpc) is 3.24. The molecule has 5 rings (SSSR count). The molecular formula is C19H18ClN7O2. The van der Waals surface area contributed by atoms with Crippen LogP contribution in [0.3, 0.4) is 0 Å². The summed E-state index contributed by atoms with van der Waals surface area (Å²) in [5.41, 5.74) is 3.09. The van der Waals surface area contributed by atoms with Gasteiger partial charge in [0, 0.05) is 11.7 Å². The first-order chi connectivity index (χ1) is 14.1. The number of para-hydroxylation sites is 2. The number of H-pyrrole nitrogens is 1. The lowest BCUT2D eigenvalue weighted by Gasteiger charge is -2.25. The molecule has 0 bridgehead atoms. The van der Waals surface area contributed by atoms with E-state index >= 15 is 0 Å². The fourth-order valence-electron chi connectivity index (χ4n) is 3.23. The molecule has 10 heteroatoms. The summed E-state index contributed by atoms with van der Waals surface area (Å²) in [4.78, 5) is 21.9. The van der Waals surface area contributed by atoms with E-state index in [0.717, 1.165) is 18.4 Å². The summed E-state index contributed by atoms with van der Waals surface area (Å²) < 4.78 is 5.71. The van der Waals surface area contributed by atoms with Crippen molar-refractivity contribution in [3.05, 3.63) is 52.4 Å². The number of nitrogens with one attached hydrogen (secondary N) is 4. The largest absolute Gasteiger partial charge is 0.423 e. The summed E-state index contributed by atoms with van der Waals surface area (Å²) in [6.45, 7) is 1.82. The Hall–Kier alpha value is -3.33. The quantitative estimate of drug-likeness (QED) is 0.524. The fourth-order valence-corrected chi connectivity index (χ4v) is 3.43. The lowest BCUT2D eigenvalue weighted by atomic mass is 10.00. The number of aliphatic imine (C=N–C) groups is 1. The van der Waals surface area contributed by atoms with Gasteiger partial charge in [-0.25, -0.2) is 4.99 Å². The lowest BCUT2D eigenvalue weighted by molar-refractivity contribution is -0.118. The first kappa shape index (κ1) is 17.7. The predicted octanol–water partition coefficient (Wildman–Crippen LogP) is 2.87. The number of carbonyl (C=O) groups is 1. The Labute approximate surface area is 170 Å². The molecule has 2 aliphatic rings. The number of benzene rings is 1. The monoisotopic (exact) mass is 411 g/mol. The smallest absolute Gasteiger partial charge is 0.302 e. The summed E-state index contributed by atoms with van der Waals surface area (Å²) in [7, 11) is 0. The summed E-state index contributed by atoms with van der Waals surface area (Å²) >= 11 is 6.28. The number of rotatable bonds is 4. The van der Waals surface area contributed by atoms with Crippen LogP contribution in [0.1, 0.15) is 31.5 Å². The van der Waals surface area contributed by atoms with E-state index in [9.17, 15) is 4.79 Å². The van der Waals surface area contributed by atoms with Crippen LogP contribution in [0, 0.1) is 0 Å². The molecule has 148 valence electrons. The Bertz CT molecular complexity index is 1130. The van der Waals surface area contributed by atoms with Gasteiger partial charge in [0.1, 0.15) is 11.6 Å². The van der Waals surface area contributed by atoms with E-state index in [4.69, 9.17) is 16.0 Å². The zero-order valence-corrected chi connectivity index (χ0v) is 16.2. The van der Waals surface area contributed by atoms with Gasteiger partial charge in [-0.15, -0.1) is 0 Å². The molecular weight excluding hydrogens is 394 g/mol. The maximum Gasteiger partial charge on any atom is 0.302 e. The first-order valence-corrected chi connectivity index (χ1v) is 9.64. The molecule has 1 atom stereocenters. The number of amides is 1. The van der Waals surface area contributed by atoms with Gasteiger partial charge in [-0.05, 0) is 31.9 Å². The van der Waals surface area contributed by atoms with Gasteiger partial charge in [0.25, 0.3) is 5.91 Å². The second kappa shape index (κ2) is 6.93. The summed E-state index contributed by atoms with van der Waals surface area (Å²) in [6.07, 6.45) is 3.48. The Morgan fingerprint density at radius 3 is 2.86 bits per heavy atom. The molecule has 1 saturated carbocycles. The fraction of sp³-hybridized carbons (Fsp3) is 0.263. The van der Waals surface area contributed by atoms with Crippen molar-refractivity contribution in [2.45, 2.75) is 31.8 Å². The third-order valence-electron chi connectivity index (χ3n) is 4.81. The van der Waals surface area contributed by atoms with Gasteiger partial charge in [0.2, 0.25) is 5.96 Å². The van der Waals surface area contributed by atoms with Crippen LogP contribution in [0.4, 0.5) is 6.01 Å². The second-order valence-corrected chi connectivity index (χ2v) is 7.44. The van der Waals surface area contributed by atoms with Gasteiger partial charge in [-0.1, -0.05) is 23.7 Å². The van der Waals surface area contributed by atoms with Crippen molar-refractivity contribution in [2.24, 2.45) is 4.99 Å². The molecule has 1 unspecified atom stereocenters. The lowest BCUT2D eigenvalue weighted by Crippen LogP contribution is -2.39. The third kappa shape index (κ3) is 3.44. The van der Waals surface area contributed by atoms with Gasteiger partial charge >= 0.3 is 6.01 Å². The molecule has 1 aromatic carbocycles. The van der Waals surface area contributed by atoms with Crippen molar-refractivity contribution in [2.75, 3.05) is 5.32 Å². The van der Waals surface area contributed by atoms with Crippen LogP contribution < -0.4 is 16.0 Å². The van der Waals surface area contributed by atoms with Gasteiger partial charge in [-0.2, -0.15) is 10.1 Å². The molecule has 29 heavy (non-hydrogen) atoms. The number of hydrogen-bond donors (Lipinski definition) is 4. The Balaban J connectivity index is 1.48. The minimum absolute atomic E-state index is 0.169. The number of oxazole rings is 1. The molecule has 1 fully saturated rings. The third-order valence-corrected chi connectivity index (χ3v) is 5.11. The van der Waals surface area contributed by atoms with Crippen LogP contribution in [0.2, 0.25) is 5.02 Å². The van der Waals surface area contributed by atoms with Crippen molar-refractivity contribution < 1.29 is 9.21 Å². The molecule has 1 aliphatic heterocycles. The van der Waals surface area contributed by atoms with Crippen molar-refractivity contribution in [3.63, 3.8) is 0 Å². The molecule has 3 heterocycles. The molecule has 2 aromatic heterocycles. The van der Waals surface area contributed by atoms with Crippen LogP contribution in [0.15, 0.2) is 51.1 Å². The molecule has 4 N–H and O–H groups in total. The number of anilines is 1. The molecule has 1 amide bonds. The van der Waals surface area contributed by atoms with Gasteiger partial charge in [-0.3, -0.25) is 15.2 Å². The normalized spacial score (nSPS) is 19.1. The van der Waals surface area contributed by atoms with E-state index in [1.54, 1.807) is 0 Å². The number of guanidine groups is 1. The van der Waals surface area contributed by atoms with Crippen LogP contribution in [0.25, 0.3) is 11.1 Å². The highest BCUT2D eigenvalue weighted by atomic mass is 35.5. The minimum atomic E-state index is -0.642. The van der Waals surface area contributed by atoms with Crippen LogP contribution in [-0.4, -0.2) is 33.1 Å². The Morgan fingerprint density at radius 1 is 1.31 bits per heavy atom. The zero-order chi connectivity index (χ0) is 20.0. The first-order valence-electron chi connectivity index (χ1n) is 9.26. The minimum Gasteiger partial charge on any atom is -0.423 e. The average molecular weight is 412 g/mol. The Morgan fingerprint density at radius 2 is 2.14 bits per heavy atom. The maximum absolute atomic E-state index is 12.9. The topological polar surface area (TPSA) is 120 Å². The van der Waals surface area contributed by atoms with Crippen LogP contribution in [-0.2, 0) is 4.79 Å². The number of halogens is 1. The van der Waals surface area contributed by atoms with Gasteiger partial charge < -0.3 is 15.1 Å². The van der Waals surface area contributed by atoms with Gasteiger partial charge in [0.15, 0.2) is 5.58 Å². The van der Waals surface area contributed by atoms with Crippen molar-refractivity contribution in [3.8, 4) is 0 Å². The highest BCUT2D eigenvalue weighted by molar-refractivity contribution is 6.31. The molecule has 0 radical (unpaired) electrons. The van der Waals surface area contributed by atoms with Crippen molar-refractivity contribution >= 4 is 40.6 Å². The molecule has 1 aliphatic carbocycles. The number of aromatic amines is 1. The number of nitrogens with zero attached hydrogens (tertiary/aromatic N) is 3. The van der Waals surface area contributed by atoms with E-state index in [-0.39, 0.29) is 11.9 Å². The van der Waals surface area contributed by atoms with E-state index in [1.807, 2.05) is 31.2 Å². The maximum atomic E-state index is 12.9. The number of fused-ring (bicyclic) bond motifs is 1. The molecule has 3 aromatic rings. The van der Waals surface area contributed by atoms with E-state index < -0.39 is 6.04 Å². The number of carbonyl (C=O) groups excluding carboxylic acids is 1. The van der Waals surface area contributed by atoms with Crippen LogP contribution >= 0.6 is 11.6 Å². The molecule has 0 spiro atoms. The highest BCUT2D eigenvalue weighted by Gasteiger charge is 2.34. The van der Waals surface area contributed by atoms with E-state index in [1.165, 1.54) is 6.20 Å². The predicted molar refractivity (Wildman–Crippen MR) is 108 cm³/mol. The van der Waals surface area contributed by atoms with Crippen LogP contribution in [0.5, 0.6) is 0 Å². The highest BCUT2D eigenvalue weighted by Crippen LogP contribution is 2.34. The standard InChI is InChI=1S/C19H18ClN7O2/c1-9-14(17(28)23-10-6-7-10)16(15-11(20)8-21-27-15)25-18(22-9)26-19-24-12-4-2-3-5-13(12)29-19/h2-5,8,10,16H,6-7H2,1H3,(H,21,27)(H,23,28)(H2,22,24,25,26). The summed E-state index contributed by atoms with van der Waals surface area (Å²) in [6, 6.07) is 7.34. The zero-order valence-electron chi connectivity index (χ0n) is 15.5. The summed E-state index contributed by atoms with van der Waals surface area (Å²) in [5.74, 6) is 0.227. The van der Waals surface area contributed by atoms with E-state index in [2.05, 4.69) is 36.1 Å². The SMILES string of the molecule is CC1=C(C(=O)NC2CC2)C(c2[nH]ncc2Cl)N=C(Nc2nc3ccccc3o2)N1. The number of hydrogen-bond acceptors (Lipinski definition) is 7. The summed E-state index contributed by atoms with van der Waals surface area (Å²) in [5, 5.41) is 16.4. The van der Waals surface area contributed by atoms with E-state index in [0.29, 0.717) is 39.5 Å². The molecule has 9 nitrogen and oxygen atoms in total. The Kier molecular flexibility index (Phi) is 4.24. The van der Waals surface area contributed by atoms with Crippen molar-refractivity contribution in [1.82, 2.24) is 25.8 Å². The number of allylic oxidation sites excluding steroid dienone is 1. The molecule has 0 saturated heterocycles. The second-order valence-electron chi connectivity index (χ2n) is 7.04. The van der Waals surface area contributed by atoms with Crippen molar-refractivity contribution in [1.29, 1.82) is 0 Å². The van der Waals surface area contributed by atoms with Gasteiger partial charge in [0.05, 0.1) is 22.5 Å². The number of aromatic nitrogens is 3.